The van der Waals surface area contributed by atoms with Crippen LogP contribution in [0.1, 0.15) is 29.8 Å². The molecule has 2 saturated heterocycles. The molecule has 0 saturated carbocycles. The lowest BCUT2D eigenvalue weighted by Crippen LogP contribution is -2.38. The molecule has 202 valence electrons. The van der Waals surface area contributed by atoms with Crippen molar-refractivity contribution in [3.63, 3.8) is 0 Å². The molecule has 39 heavy (non-hydrogen) atoms. The summed E-state index contributed by atoms with van der Waals surface area (Å²) in [4.78, 5) is 39.1. The van der Waals surface area contributed by atoms with Crippen molar-refractivity contribution in [2.75, 3.05) is 24.5 Å². The van der Waals surface area contributed by atoms with Gasteiger partial charge in [-0.25, -0.2) is 9.97 Å². The maximum absolute atomic E-state index is 13.1. The zero-order valence-corrected chi connectivity index (χ0v) is 21.6. The monoisotopic (exact) mass is 554 g/mol. The second kappa shape index (κ2) is 11.5. The Bertz CT molecular complexity index is 1410. The Hall–Kier alpha value is -3.77. The van der Waals surface area contributed by atoms with Crippen LogP contribution >= 0.6 is 11.8 Å². The molecule has 8 nitrogen and oxygen atoms in total. The van der Waals surface area contributed by atoms with Gasteiger partial charge in [-0.1, -0.05) is 18.2 Å². The number of pyridine rings is 1. The molecule has 0 bridgehead atoms. The first kappa shape index (κ1) is 26.8. The van der Waals surface area contributed by atoms with E-state index >= 15 is 0 Å². The highest BCUT2D eigenvalue weighted by Gasteiger charge is 2.30. The van der Waals surface area contributed by atoms with Crippen LogP contribution in [0.25, 0.3) is 17.3 Å². The summed E-state index contributed by atoms with van der Waals surface area (Å²) in [5, 5.41) is 5.27. The summed E-state index contributed by atoms with van der Waals surface area (Å²) in [6, 6.07) is 12.3. The number of hydrogen-bond acceptors (Lipinski definition) is 8. The molecule has 2 fully saturated rings. The van der Waals surface area contributed by atoms with Crippen molar-refractivity contribution >= 4 is 34.9 Å². The van der Waals surface area contributed by atoms with Crippen LogP contribution in [-0.2, 0) is 17.5 Å². The predicted molar refractivity (Wildman–Crippen MR) is 142 cm³/mol. The summed E-state index contributed by atoms with van der Waals surface area (Å²) in [5.41, 5.74) is 1.57. The van der Waals surface area contributed by atoms with E-state index in [0.717, 1.165) is 62.1 Å². The number of carbonyl (C=O) groups is 2. The van der Waals surface area contributed by atoms with Gasteiger partial charge in [0.05, 0.1) is 27.6 Å². The largest absolute Gasteiger partial charge is 0.416 e. The molecular weight excluding hydrogens is 529 g/mol. The van der Waals surface area contributed by atoms with Crippen LogP contribution in [-0.4, -0.2) is 45.7 Å². The molecule has 2 amide bonds. The fraction of sp³-hybridized carbons (Fsp3) is 0.296. The van der Waals surface area contributed by atoms with Gasteiger partial charge in [0.15, 0.2) is 0 Å². The molecule has 12 heteroatoms. The lowest BCUT2D eigenvalue weighted by molar-refractivity contribution is -0.137. The van der Waals surface area contributed by atoms with Crippen LogP contribution in [0.15, 0.2) is 59.6 Å². The van der Waals surface area contributed by atoms with Gasteiger partial charge in [0.2, 0.25) is 5.95 Å². The highest BCUT2D eigenvalue weighted by Crippen LogP contribution is 2.32. The molecule has 0 atom stereocenters. The molecule has 2 N–H and O–H groups in total. The number of imide groups is 1. The van der Waals surface area contributed by atoms with Crippen molar-refractivity contribution in [3.8, 4) is 11.3 Å². The normalized spacial score (nSPS) is 17.6. The van der Waals surface area contributed by atoms with Gasteiger partial charge < -0.3 is 10.2 Å². The Labute approximate surface area is 227 Å². The highest BCUT2D eigenvalue weighted by molar-refractivity contribution is 8.18. The first-order valence-electron chi connectivity index (χ1n) is 12.4. The average molecular weight is 555 g/mol. The molecule has 0 radical (unpaired) electrons. The Morgan fingerprint density at radius 1 is 1.08 bits per heavy atom. The maximum Gasteiger partial charge on any atom is 0.416 e. The second-order valence-corrected chi connectivity index (χ2v) is 10.3. The molecule has 2 aromatic heterocycles. The van der Waals surface area contributed by atoms with Crippen LogP contribution in [0.3, 0.4) is 0 Å². The number of nitrogens with one attached hydrogen (secondary N) is 2. The van der Waals surface area contributed by atoms with E-state index in [0.29, 0.717) is 40.3 Å². The first-order chi connectivity index (χ1) is 18.7. The topological polar surface area (TPSA) is 100 Å². The molecule has 2 aliphatic rings. The summed E-state index contributed by atoms with van der Waals surface area (Å²) in [6.45, 7) is 2.87. The van der Waals surface area contributed by atoms with E-state index in [-0.39, 0.29) is 0 Å². The summed E-state index contributed by atoms with van der Waals surface area (Å²) in [5.74, 6) is 0.611. The van der Waals surface area contributed by atoms with Gasteiger partial charge in [0.25, 0.3) is 11.1 Å². The highest BCUT2D eigenvalue weighted by atomic mass is 32.2. The number of aromatic nitrogens is 3. The van der Waals surface area contributed by atoms with Crippen molar-refractivity contribution in [2.24, 2.45) is 5.92 Å². The van der Waals surface area contributed by atoms with Crippen LogP contribution in [0.4, 0.5) is 23.9 Å². The number of hydrogen-bond donors (Lipinski definition) is 2. The van der Waals surface area contributed by atoms with Gasteiger partial charge in [0, 0.05) is 31.4 Å². The molecule has 4 heterocycles. The molecule has 0 unspecified atom stereocenters. The van der Waals surface area contributed by atoms with Crippen molar-refractivity contribution in [2.45, 2.75) is 25.6 Å². The number of piperidine rings is 1. The number of benzene rings is 1. The fourth-order valence-electron chi connectivity index (χ4n) is 4.49. The number of thioether (sulfide) groups is 1. The summed E-state index contributed by atoms with van der Waals surface area (Å²) < 4.78 is 39.2. The van der Waals surface area contributed by atoms with E-state index < -0.39 is 22.9 Å². The van der Waals surface area contributed by atoms with Crippen LogP contribution in [0, 0.1) is 5.92 Å². The van der Waals surface area contributed by atoms with Crippen molar-refractivity contribution < 1.29 is 22.8 Å². The second-order valence-electron chi connectivity index (χ2n) is 9.29. The van der Waals surface area contributed by atoms with Crippen LogP contribution < -0.4 is 15.5 Å². The zero-order valence-electron chi connectivity index (χ0n) is 20.7. The van der Waals surface area contributed by atoms with E-state index in [1.165, 1.54) is 6.07 Å². The third kappa shape index (κ3) is 6.82. The smallest absolute Gasteiger partial charge is 0.341 e. The maximum atomic E-state index is 13.1. The van der Waals surface area contributed by atoms with Gasteiger partial charge >= 0.3 is 6.18 Å². The van der Waals surface area contributed by atoms with E-state index in [1.54, 1.807) is 36.5 Å². The molecule has 3 aromatic rings. The van der Waals surface area contributed by atoms with Crippen molar-refractivity contribution in [1.29, 1.82) is 0 Å². The van der Waals surface area contributed by atoms with Crippen LogP contribution in [0.2, 0.25) is 0 Å². The molecular formula is C27H25F3N6O2S. The van der Waals surface area contributed by atoms with E-state index in [2.05, 4.69) is 30.5 Å². The van der Waals surface area contributed by atoms with E-state index in [4.69, 9.17) is 0 Å². The van der Waals surface area contributed by atoms with Crippen LogP contribution in [0.5, 0.6) is 0 Å². The predicted octanol–water partition coefficient (Wildman–Crippen LogP) is 4.89. The third-order valence-corrected chi connectivity index (χ3v) is 7.32. The molecule has 2 aliphatic heterocycles. The van der Waals surface area contributed by atoms with Gasteiger partial charge in [-0.15, -0.1) is 0 Å². The SMILES string of the molecule is O=C1NC(=O)/C(=C\c2ccnc(N3CCC(CNCc4cccc(-c5cccc(C(F)(F)F)c5)n4)CC3)n2)S1. The molecule has 5 rings (SSSR count). The van der Waals surface area contributed by atoms with Gasteiger partial charge in [0.1, 0.15) is 0 Å². The minimum Gasteiger partial charge on any atom is -0.341 e. The number of amides is 2. The first-order valence-corrected chi connectivity index (χ1v) is 13.2. The molecule has 1 aromatic carbocycles. The minimum absolute atomic E-state index is 0.310. The Balaban J connectivity index is 1.12. The molecule has 0 spiro atoms. The fourth-order valence-corrected chi connectivity index (χ4v) is 5.15. The number of carbonyl (C=O) groups excluding carboxylic acids is 2. The Morgan fingerprint density at radius 3 is 2.62 bits per heavy atom. The summed E-state index contributed by atoms with van der Waals surface area (Å²) in [6.07, 6.45) is 0.703. The van der Waals surface area contributed by atoms with Gasteiger partial charge in [-0.05, 0) is 73.5 Å². The third-order valence-electron chi connectivity index (χ3n) is 6.51. The van der Waals surface area contributed by atoms with Crippen molar-refractivity contribution in [3.05, 3.63) is 76.6 Å². The average Bonchev–Trinajstić information content (AvgIpc) is 3.25. The van der Waals surface area contributed by atoms with Gasteiger partial charge in [-0.3, -0.25) is 19.9 Å². The number of nitrogens with zero attached hydrogens (tertiary/aromatic N) is 4. The summed E-state index contributed by atoms with van der Waals surface area (Å²) >= 11 is 0.852. The van der Waals surface area contributed by atoms with E-state index in [9.17, 15) is 22.8 Å². The summed E-state index contributed by atoms with van der Waals surface area (Å²) in [7, 11) is 0. The van der Waals surface area contributed by atoms with Gasteiger partial charge in [-0.2, -0.15) is 13.2 Å². The molecule has 0 aliphatic carbocycles. The lowest BCUT2D eigenvalue weighted by Gasteiger charge is -2.32. The number of halogens is 3. The minimum atomic E-state index is -4.40. The van der Waals surface area contributed by atoms with E-state index in [1.807, 2.05) is 6.07 Å². The number of rotatable bonds is 7. The lowest BCUT2D eigenvalue weighted by atomic mass is 9.97. The number of alkyl halides is 3. The Morgan fingerprint density at radius 2 is 1.87 bits per heavy atom. The zero-order chi connectivity index (χ0) is 27.4. The quantitative estimate of drug-likeness (QED) is 0.399. The van der Waals surface area contributed by atoms with Crippen molar-refractivity contribution in [1.82, 2.24) is 25.6 Å². The standard InChI is InChI=1S/C27H25F3N6O2S/c28-27(29,30)19-4-1-3-18(13-19)22-6-2-5-21(33-22)16-31-15-17-8-11-36(12-9-17)25-32-10-7-20(34-25)14-23-24(37)35-26(38)39-23/h1-7,10,13-14,17,31H,8-9,11-12,15-16H2,(H,35,37,38)/b23-14+. The number of anilines is 1. The Kier molecular flexibility index (Phi) is 7.94.